The van der Waals surface area contributed by atoms with E-state index in [1.54, 1.807) is 13.8 Å². The molecule has 0 aliphatic carbocycles. The van der Waals surface area contributed by atoms with Crippen LogP contribution < -0.4 is 4.72 Å². The largest absolute Gasteiger partial charge is 0.280 e. The van der Waals surface area contributed by atoms with E-state index < -0.39 is 20.9 Å². The molecular weight excluding hydrogens is 328 g/mol. The van der Waals surface area contributed by atoms with Gasteiger partial charge < -0.3 is 0 Å². The first-order valence-corrected chi connectivity index (χ1v) is 7.66. The normalized spacial score (nSPS) is 11.7. The second-order valence-electron chi connectivity index (χ2n) is 4.09. The Bertz CT molecular complexity index is 755. The highest BCUT2D eigenvalue weighted by atomic mass is 35.5. The Balaban J connectivity index is 2.49. The monoisotopic (exact) mass is 337 g/mol. The Hall–Kier alpha value is -1.31. The lowest BCUT2D eigenvalue weighted by Gasteiger charge is -2.10. The predicted octanol–water partition coefficient (Wildman–Crippen LogP) is 3.27. The first-order chi connectivity index (χ1) is 9.24. The molecule has 1 aromatic heterocycles. The molecule has 1 heterocycles. The lowest BCUT2D eigenvalue weighted by Crippen LogP contribution is -2.15. The third-order valence-corrected chi connectivity index (χ3v) is 4.82. The Morgan fingerprint density at radius 2 is 1.95 bits per heavy atom. The predicted molar refractivity (Wildman–Crippen MR) is 75.3 cm³/mol. The number of anilines is 1. The first-order valence-electron chi connectivity index (χ1n) is 5.42. The van der Waals surface area contributed by atoms with Crippen LogP contribution in [0.1, 0.15) is 11.4 Å². The van der Waals surface area contributed by atoms with Gasteiger partial charge in [-0.15, -0.1) is 0 Å². The van der Waals surface area contributed by atoms with Gasteiger partial charge in [-0.1, -0.05) is 23.2 Å². The van der Waals surface area contributed by atoms with Gasteiger partial charge in [0.05, 0.1) is 27.1 Å². The van der Waals surface area contributed by atoms with Crippen LogP contribution in [-0.4, -0.2) is 18.6 Å². The summed E-state index contributed by atoms with van der Waals surface area (Å²) in [6, 6.07) is 2.27. The summed E-state index contributed by atoms with van der Waals surface area (Å²) in [7, 11) is -4.04. The molecular formula is C11H10Cl2FN3O2S. The molecule has 2 N–H and O–H groups in total. The molecule has 5 nitrogen and oxygen atoms in total. The molecule has 1 aromatic carbocycles. The first kappa shape index (κ1) is 15.1. The fourth-order valence-electron chi connectivity index (χ4n) is 1.61. The zero-order valence-electron chi connectivity index (χ0n) is 10.5. The number of hydrogen-bond acceptors (Lipinski definition) is 3. The molecule has 0 atom stereocenters. The lowest BCUT2D eigenvalue weighted by molar-refractivity contribution is 0.595. The molecule has 0 saturated heterocycles. The van der Waals surface area contributed by atoms with Crippen LogP contribution >= 0.6 is 23.2 Å². The van der Waals surface area contributed by atoms with Crippen molar-refractivity contribution < 1.29 is 12.8 Å². The average Bonchev–Trinajstić information content (AvgIpc) is 2.67. The van der Waals surface area contributed by atoms with Crippen molar-refractivity contribution in [3.8, 4) is 0 Å². The number of rotatable bonds is 3. The minimum Gasteiger partial charge on any atom is -0.280 e. The number of aryl methyl sites for hydroxylation is 2. The Morgan fingerprint density at radius 3 is 2.50 bits per heavy atom. The van der Waals surface area contributed by atoms with Crippen molar-refractivity contribution in [2.24, 2.45) is 0 Å². The molecule has 0 radical (unpaired) electrons. The number of aromatic amines is 1. The smallest absolute Gasteiger partial charge is 0.263 e. The summed E-state index contributed by atoms with van der Waals surface area (Å²) in [5, 5.41) is 5.71. The van der Waals surface area contributed by atoms with Crippen molar-refractivity contribution in [2.45, 2.75) is 18.7 Å². The van der Waals surface area contributed by atoms with E-state index in [-0.39, 0.29) is 9.92 Å². The van der Waals surface area contributed by atoms with Crippen molar-refractivity contribution in [1.29, 1.82) is 0 Å². The molecule has 0 aliphatic heterocycles. The molecule has 0 bridgehead atoms. The molecule has 108 valence electrons. The summed E-state index contributed by atoms with van der Waals surface area (Å²) < 4.78 is 40.4. The van der Waals surface area contributed by atoms with Gasteiger partial charge >= 0.3 is 0 Å². The van der Waals surface area contributed by atoms with Crippen LogP contribution in [0.2, 0.25) is 10.0 Å². The summed E-state index contributed by atoms with van der Waals surface area (Å²) in [6.07, 6.45) is 0. The maximum Gasteiger partial charge on any atom is 0.263 e. The maximum absolute atomic E-state index is 13.6. The van der Waals surface area contributed by atoms with E-state index in [1.165, 1.54) is 0 Å². The quantitative estimate of drug-likeness (QED) is 0.844. The van der Waals surface area contributed by atoms with Crippen molar-refractivity contribution in [1.82, 2.24) is 10.2 Å². The van der Waals surface area contributed by atoms with Crippen LogP contribution in [0.3, 0.4) is 0 Å². The number of halogens is 3. The van der Waals surface area contributed by atoms with Gasteiger partial charge in [0.2, 0.25) is 0 Å². The van der Waals surface area contributed by atoms with Crippen LogP contribution in [0.15, 0.2) is 17.0 Å². The lowest BCUT2D eigenvalue weighted by atomic mass is 10.3. The van der Waals surface area contributed by atoms with Crippen LogP contribution in [0, 0.1) is 19.7 Å². The summed E-state index contributed by atoms with van der Waals surface area (Å²) in [6.45, 7) is 3.29. The topological polar surface area (TPSA) is 74.8 Å². The fraction of sp³-hybridized carbons (Fsp3) is 0.182. The van der Waals surface area contributed by atoms with Crippen molar-refractivity contribution in [2.75, 3.05) is 4.72 Å². The van der Waals surface area contributed by atoms with Crippen LogP contribution in [-0.2, 0) is 10.0 Å². The maximum atomic E-state index is 13.6. The van der Waals surface area contributed by atoms with E-state index in [2.05, 4.69) is 14.9 Å². The number of sulfonamides is 1. The third-order valence-electron chi connectivity index (χ3n) is 2.65. The summed E-state index contributed by atoms with van der Waals surface area (Å²) in [5.74, 6) is -0.975. The number of nitrogens with one attached hydrogen (secondary N) is 2. The van der Waals surface area contributed by atoms with E-state index in [1.807, 2.05) is 0 Å². The van der Waals surface area contributed by atoms with Crippen LogP contribution in [0.5, 0.6) is 0 Å². The molecule has 2 rings (SSSR count). The Morgan fingerprint density at radius 1 is 1.30 bits per heavy atom. The number of hydrogen-bond donors (Lipinski definition) is 2. The molecule has 0 spiro atoms. The second-order valence-corrected chi connectivity index (χ2v) is 6.52. The third kappa shape index (κ3) is 2.61. The molecule has 0 aliphatic rings. The molecule has 0 unspecified atom stereocenters. The van der Waals surface area contributed by atoms with E-state index in [0.29, 0.717) is 17.1 Å². The summed E-state index contributed by atoms with van der Waals surface area (Å²) >= 11 is 11.2. The highest BCUT2D eigenvalue weighted by molar-refractivity contribution is 7.92. The van der Waals surface area contributed by atoms with E-state index >= 15 is 0 Å². The van der Waals surface area contributed by atoms with Crippen molar-refractivity contribution in [3.63, 3.8) is 0 Å². The van der Waals surface area contributed by atoms with Gasteiger partial charge in [-0.05, 0) is 26.0 Å². The SMILES string of the molecule is Cc1n[nH]c(C)c1NS(=O)(=O)c1ccc(Cl)c(F)c1Cl. The minimum absolute atomic E-state index is 0.246. The number of benzene rings is 1. The molecule has 0 fully saturated rings. The number of nitrogens with zero attached hydrogens (tertiary/aromatic N) is 1. The Labute approximate surface area is 125 Å². The van der Waals surface area contributed by atoms with Gasteiger partial charge in [0.15, 0.2) is 5.82 Å². The van der Waals surface area contributed by atoms with Crippen molar-refractivity contribution in [3.05, 3.63) is 39.4 Å². The van der Waals surface area contributed by atoms with Gasteiger partial charge in [0.25, 0.3) is 10.0 Å². The molecule has 20 heavy (non-hydrogen) atoms. The van der Waals surface area contributed by atoms with Gasteiger partial charge in [-0.3, -0.25) is 9.82 Å². The fourth-order valence-corrected chi connectivity index (χ4v) is 3.53. The zero-order valence-corrected chi connectivity index (χ0v) is 12.8. The molecule has 2 aromatic rings. The standard InChI is InChI=1S/C11H10Cl2FN3O2S/c1-5-11(6(2)16-15-5)17-20(18,19)8-4-3-7(12)10(14)9(8)13/h3-4,17H,1-2H3,(H,15,16). The van der Waals surface area contributed by atoms with E-state index in [0.717, 1.165) is 12.1 Å². The molecule has 9 heteroatoms. The van der Waals surface area contributed by atoms with Gasteiger partial charge in [0.1, 0.15) is 4.90 Å². The highest BCUT2D eigenvalue weighted by Gasteiger charge is 2.23. The van der Waals surface area contributed by atoms with Gasteiger partial charge in [-0.25, -0.2) is 12.8 Å². The summed E-state index contributed by atoms with van der Waals surface area (Å²) in [5.41, 5.74) is 1.31. The average molecular weight is 338 g/mol. The van der Waals surface area contributed by atoms with Crippen LogP contribution in [0.25, 0.3) is 0 Å². The number of aromatic nitrogens is 2. The van der Waals surface area contributed by atoms with Crippen molar-refractivity contribution >= 4 is 38.9 Å². The van der Waals surface area contributed by atoms with E-state index in [4.69, 9.17) is 23.2 Å². The van der Waals surface area contributed by atoms with Gasteiger partial charge in [0, 0.05) is 0 Å². The van der Waals surface area contributed by atoms with E-state index in [9.17, 15) is 12.8 Å². The highest BCUT2D eigenvalue weighted by Crippen LogP contribution is 2.31. The molecule has 0 amide bonds. The molecule has 0 saturated carbocycles. The van der Waals surface area contributed by atoms with Crippen LogP contribution in [0.4, 0.5) is 10.1 Å². The zero-order chi connectivity index (χ0) is 15.1. The second kappa shape index (κ2) is 5.23. The van der Waals surface area contributed by atoms with Gasteiger partial charge in [-0.2, -0.15) is 5.10 Å². The minimum atomic E-state index is -4.04. The summed E-state index contributed by atoms with van der Waals surface area (Å²) in [4.78, 5) is -0.388. The Kier molecular flexibility index (Phi) is 3.95. The number of H-pyrrole nitrogens is 1.